The Kier molecular flexibility index (Phi) is 4.37. The van der Waals surface area contributed by atoms with Gasteiger partial charge in [0, 0.05) is 0 Å². The van der Waals surface area contributed by atoms with E-state index in [2.05, 4.69) is 6.92 Å². The van der Waals surface area contributed by atoms with Gasteiger partial charge in [0.25, 0.3) is 0 Å². The third kappa shape index (κ3) is 2.66. The average Bonchev–Trinajstić information content (AvgIpc) is 3.58. The van der Waals surface area contributed by atoms with Gasteiger partial charge in [0.2, 0.25) is 0 Å². The topological polar surface area (TPSA) is 0 Å². The van der Waals surface area contributed by atoms with Crippen LogP contribution in [0.1, 0.15) is 103 Å². The van der Waals surface area contributed by atoms with E-state index in [9.17, 15) is 0 Å². The summed E-state index contributed by atoms with van der Waals surface area (Å²) >= 11 is 0. The molecule has 12 atom stereocenters. The first kappa shape index (κ1) is 19.3. The predicted octanol–water partition coefficient (Wildman–Crippen LogP) is 8.21. The lowest BCUT2D eigenvalue weighted by molar-refractivity contribution is 0.139. The van der Waals surface area contributed by atoms with Crippen LogP contribution in [0.2, 0.25) is 0 Å². The molecule has 11 aliphatic carbocycles. The Morgan fingerprint density at radius 3 is 1.32 bits per heavy atom. The van der Waals surface area contributed by atoms with Crippen LogP contribution in [0.4, 0.5) is 0 Å². The maximum atomic E-state index is 2.36. The SMILES string of the molecule is C1CC2CC1C1C2C2C3CC4C(C31)C42.C1C[C@@H]2[C@H]3CC[C@H](C3)[C@@H]2C1.CC1CCCCC1. The first-order valence-corrected chi connectivity index (χ1v) is 15.3. The third-order valence-corrected chi connectivity index (χ3v) is 13.9. The Labute approximate surface area is 192 Å². The second-order valence-electron chi connectivity index (χ2n) is 14.7. The highest BCUT2D eigenvalue weighted by molar-refractivity contribution is 5.29. The van der Waals surface area contributed by atoms with Gasteiger partial charge in [0.1, 0.15) is 0 Å². The summed E-state index contributed by atoms with van der Waals surface area (Å²) in [4.78, 5) is 0. The van der Waals surface area contributed by atoms with Crippen LogP contribution < -0.4 is 0 Å². The van der Waals surface area contributed by atoms with E-state index in [1.165, 1.54) is 115 Å². The lowest BCUT2D eigenvalue weighted by Gasteiger charge is -2.34. The smallest absolute Gasteiger partial charge is 0.0315 e. The summed E-state index contributed by atoms with van der Waals surface area (Å²) in [5.74, 6) is 18.6. The molecule has 0 N–H and O–H groups in total. The van der Waals surface area contributed by atoms with E-state index >= 15 is 0 Å². The molecule has 11 aliphatic rings. The van der Waals surface area contributed by atoms with Crippen molar-refractivity contribution in [2.45, 2.75) is 103 Å². The lowest BCUT2D eigenvalue weighted by atomic mass is 9.71. The first-order chi connectivity index (χ1) is 15.3. The van der Waals surface area contributed by atoms with E-state index in [4.69, 9.17) is 0 Å². The van der Waals surface area contributed by atoms with E-state index in [1.54, 1.807) is 64.2 Å². The largest absolute Gasteiger partial charge is 0.0625 e. The Bertz CT molecular complexity index is 657. The standard InChI is InChI=1S/C14H18.C10H16.C7H14/c1-2-6-3-5(1)9-10(6)12-7-4-8-13(11(7)9)14(8)12;1-2-9-7-4-5-8(6-7)10(9)3-1;1-7-5-3-2-4-6-7/h5-14H,1-4H2;7-10H,1-6H2;7H,2-6H2,1H3/t;7-,8+,9+,10-;. The summed E-state index contributed by atoms with van der Waals surface area (Å²) in [5.41, 5.74) is 0. The molecule has 172 valence electrons. The second kappa shape index (κ2) is 7.01. The highest BCUT2D eigenvalue weighted by Gasteiger charge is 2.82. The Morgan fingerprint density at radius 2 is 0.839 bits per heavy atom. The quantitative estimate of drug-likeness (QED) is 0.370. The molecule has 0 radical (unpaired) electrons. The van der Waals surface area contributed by atoms with Crippen LogP contribution >= 0.6 is 0 Å². The minimum Gasteiger partial charge on any atom is -0.0625 e. The van der Waals surface area contributed by atoms with Crippen molar-refractivity contribution in [3.8, 4) is 0 Å². The Hall–Kier alpha value is 0. The molecule has 11 rings (SSSR count). The van der Waals surface area contributed by atoms with Gasteiger partial charge in [0.15, 0.2) is 0 Å². The van der Waals surface area contributed by atoms with E-state index in [0.717, 1.165) is 5.92 Å². The van der Waals surface area contributed by atoms with Gasteiger partial charge < -0.3 is 0 Å². The highest BCUT2D eigenvalue weighted by atomic mass is 14.9. The fourth-order valence-electron chi connectivity index (χ4n) is 13.2. The van der Waals surface area contributed by atoms with E-state index in [1.807, 2.05) is 0 Å². The zero-order chi connectivity index (χ0) is 20.3. The molecule has 0 amide bonds. The van der Waals surface area contributed by atoms with Gasteiger partial charge in [-0.25, -0.2) is 0 Å². The molecule has 0 aromatic heterocycles. The summed E-state index contributed by atoms with van der Waals surface area (Å²) in [6, 6.07) is 0. The average molecular weight is 421 g/mol. The zero-order valence-corrected chi connectivity index (χ0v) is 20.3. The summed E-state index contributed by atoms with van der Waals surface area (Å²) in [6.45, 7) is 2.36. The number of hydrogen-bond donors (Lipinski definition) is 0. The maximum Gasteiger partial charge on any atom is -0.0315 e. The van der Waals surface area contributed by atoms with Crippen molar-refractivity contribution in [1.82, 2.24) is 0 Å². The zero-order valence-electron chi connectivity index (χ0n) is 20.3. The number of hydrogen-bond acceptors (Lipinski definition) is 0. The number of fused-ring (bicyclic) bond motifs is 10. The molecular weight excluding hydrogens is 372 g/mol. The predicted molar refractivity (Wildman–Crippen MR) is 127 cm³/mol. The molecule has 10 bridgehead atoms. The van der Waals surface area contributed by atoms with Crippen LogP contribution in [-0.2, 0) is 0 Å². The van der Waals surface area contributed by atoms with Crippen LogP contribution in [0.5, 0.6) is 0 Å². The summed E-state index contributed by atoms with van der Waals surface area (Å²) in [5, 5.41) is 0. The van der Waals surface area contributed by atoms with Gasteiger partial charge in [-0.05, 0) is 147 Å². The summed E-state index contributed by atoms with van der Waals surface area (Å²) < 4.78 is 0. The van der Waals surface area contributed by atoms with Gasteiger partial charge in [-0.2, -0.15) is 0 Å². The molecule has 11 fully saturated rings. The molecule has 0 aromatic rings. The Morgan fingerprint density at radius 1 is 0.355 bits per heavy atom. The van der Waals surface area contributed by atoms with Gasteiger partial charge in [-0.15, -0.1) is 0 Å². The Balaban J connectivity index is 0.0000000836. The minimum atomic E-state index is 1.04. The maximum absolute atomic E-state index is 2.36. The lowest BCUT2D eigenvalue weighted by Crippen LogP contribution is -2.29. The first-order valence-electron chi connectivity index (χ1n) is 15.3. The van der Waals surface area contributed by atoms with Crippen molar-refractivity contribution in [1.29, 1.82) is 0 Å². The van der Waals surface area contributed by atoms with Crippen LogP contribution in [0.25, 0.3) is 0 Å². The molecule has 0 nitrogen and oxygen atoms in total. The molecule has 31 heavy (non-hydrogen) atoms. The van der Waals surface area contributed by atoms with Crippen molar-refractivity contribution >= 4 is 0 Å². The monoisotopic (exact) mass is 420 g/mol. The molecule has 8 unspecified atom stereocenters. The van der Waals surface area contributed by atoms with Gasteiger partial charge in [0.05, 0.1) is 0 Å². The summed E-state index contributed by atoms with van der Waals surface area (Å²) in [6.07, 6.45) is 23.6. The van der Waals surface area contributed by atoms with Gasteiger partial charge >= 0.3 is 0 Å². The van der Waals surface area contributed by atoms with Crippen molar-refractivity contribution < 1.29 is 0 Å². The van der Waals surface area contributed by atoms with E-state index in [0.29, 0.717) is 0 Å². The molecule has 0 spiro atoms. The van der Waals surface area contributed by atoms with Crippen LogP contribution in [0, 0.1) is 88.8 Å². The molecule has 0 heteroatoms. The van der Waals surface area contributed by atoms with Gasteiger partial charge in [-0.1, -0.05) is 45.4 Å². The molecular formula is C31H48. The molecule has 11 saturated carbocycles. The van der Waals surface area contributed by atoms with E-state index < -0.39 is 0 Å². The fraction of sp³-hybridized carbons (Fsp3) is 1.00. The minimum absolute atomic E-state index is 1.04. The van der Waals surface area contributed by atoms with Crippen molar-refractivity contribution in [3.63, 3.8) is 0 Å². The molecule has 0 saturated heterocycles. The van der Waals surface area contributed by atoms with Crippen molar-refractivity contribution in [2.24, 2.45) is 88.8 Å². The normalized spacial score (nSPS) is 62.2. The van der Waals surface area contributed by atoms with Crippen molar-refractivity contribution in [3.05, 3.63) is 0 Å². The molecule has 0 heterocycles. The molecule has 0 aliphatic heterocycles. The third-order valence-electron chi connectivity index (χ3n) is 13.9. The molecule has 0 aromatic carbocycles. The van der Waals surface area contributed by atoms with Crippen LogP contribution in [0.15, 0.2) is 0 Å². The van der Waals surface area contributed by atoms with Crippen molar-refractivity contribution in [2.75, 3.05) is 0 Å². The van der Waals surface area contributed by atoms with Gasteiger partial charge in [-0.3, -0.25) is 0 Å². The highest BCUT2D eigenvalue weighted by Crippen LogP contribution is 2.87. The van der Waals surface area contributed by atoms with E-state index in [-0.39, 0.29) is 0 Å². The summed E-state index contributed by atoms with van der Waals surface area (Å²) in [7, 11) is 0. The fourth-order valence-corrected chi connectivity index (χ4v) is 13.2. The van der Waals surface area contributed by atoms with Crippen LogP contribution in [0.3, 0.4) is 0 Å². The second-order valence-corrected chi connectivity index (χ2v) is 14.7. The number of rotatable bonds is 0. The van der Waals surface area contributed by atoms with Crippen LogP contribution in [-0.4, -0.2) is 0 Å².